The van der Waals surface area contributed by atoms with Gasteiger partial charge in [-0.25, -0.2) is 0 Å². The minimum atomic E-state index is 0.274. The Bertz CT molecular complexity index is 391. The Balaban J connectivity index is 3.08. The summed E-state index contributed by atoms with van der Waals surface area (Å²) < 4.78 is 0. The van der Waals surface area contributed by atoms with Gasteiger partial charge in [0.2, 0.25) is 0 Å². The third-order valence-corrected chi connectivity index (χ3v) is 3.82. The Morgan fingerprint density at radius 3 is 2.39 bits per heavy atom. The quantitative estimate of drug-likeness (QED) is 0.876. The number of aryl methyl sites for hydroxylation is 1. The lowest BCUT2D eigenvalue weighted by Crippen LogP contribution is -2.40. The number of nitrogens with one attached hydrogen (secondary N) is 1. The normalized spacial score (nSPS) is 13.5. The summed E-state index contributed by atoms with van der Waals surface area (Å²) in [6, 6.07) is 7.21. The maximum Gasteiger partial charge on any atom is 0.0412 e. The van der Waals surface area contributed by atoms with Crippen LogP contribution in [0.1, 0.15) is 38.8 Å². The van der Waals surface area contributed by atoms with Gasteiger partial charge in [0.25, 0.3) is 0 Å². The van der Waals surface area contributed by atoms with Crippen molar-refractivity contribution >= 4 is 5.69 Å². The topological polar surface area (TPSA) is 15.3 Å². The standard InChI is InChI=1S/C16H28N2/c1-12-8-9-15(14(10-12)11-17-6)18(7)13(2)16(3,4)5/h8-10,13,17H,11H2,1-7H3. The fourth-order valence-electron chi connectivity index (χ4n) is 2.18. The van der Waals surface area contributed by atoms with E-state index in [4.69, 9.17) is 0 Å². The van der Waals surface area contributed by atoms with Gasteiger partial charge in [-0.2, -0.15) is 0 Å². The van der Waals surface area contributed by atoms with E-state index in [0.29, 0.717) is 6.04 Å². The molecule has 0 radical (unpaired) electrons. The molecule has 0 saturated heterocycles. The van der Waals surface area contributed by atoms with E-state index in [1.54, 1.807) is 0 Å². The Hall–Kier alpha value is -1.02. The molecule has 18 heavy (non-hydrogen) atoms. The second-order valence-electron chi connectivity index (χ2n) is 6.32. The molecule has 0 aromatic heterocycles. The largest absolute Gasteiger partial charge is 0.371 e. The van der Waals surface area contributed by atoms with Crippen molar-refractivity contribution in [3.05, 3.63) is 29.3 Å². The van der Waals surface area contributed by atoms with Crippen LogP contribution in [-0.4, -0.2) is 20.1 Å². The molecule has 0 saturated carbocycles. The van der Waals surface area contributed by atoms with Crippen molar-refractivity contribution in [2.45, 2.75) is 47.2 Å². The molecule has 1 rings (SSSR count). The van der Waals surface area contributed by atoms with E-state index in [2.05, 4.69) is 70.1 Å². The Morgan fingerprint density at radius 2 is 1.89 bits per heavy atom. The van der Waals surface area contributed by atoms with Crippen LogP contribution in [0.3, 0.4) is 0 Å². The molecule has 0 aliphatic heterocycles. The summed E-state index contributed by atoms with van der Waals surface area (Å²) in [6.45, 7) is 12.2. The van der Waals surface area contributed by atoms with Crippen molar-refractivity contribution in [2.24, 2.45) is 5.41 Å². The third kappa shape index (κ3) is 3.49. The van der Waals surface area contributed by atoms with Gasteiger partial charge in [-0.15, -0.1) is 0 Å². The number of hydrogen-bond donors (Lipinski definition) is 1. The van der Waals surface area contributed by atoms with Crippen molar-refractivity contribution in [2.75, 3.05) is 19.0 Å². The molecule has 2 heteroatoms. The number of nitrogens with zero attached hydrogens (tertiary/aromatic N) is 1. The number of anilines is 1. The summed E-state index contributed by atoms with van der Waals surface area (Å²) >= 11 is 0. The minimum Gasteiger partial charge on any atom is -0.371 e. The zero-order valence-electron chi connectivity index (χ0n) is 13.0. The molecule has 0 aliphatic rings. The molecule has 0 amide bonds. The fraction of sp³-hybridized carbons (Fsp3) is 0.625. The van der Waals surface area contributed by atoms with Gasteiger partial charge in [0.1, 0.15) is 0 Å². The summed E-state index contributed by atoms with van der Waals surface area (Å²) in [7, 11) is 4.19. The van der Waals surface area contributed by atoms with Gasteiger partial charge in [-0.1, -0.05) is 38.5 Å². The van der Waals surface area contributed by atoms with E-state index in [-0.39, 0.29) is 5.41 Å². The predicted molar refractivity (Wildman–Crippen MR) is 81.3 cm³/mol. The molecule has 1 N–H and O–H groups in total. The number of benzene rings is 1. The molecule has 0 bridgehead atoms. The maximum absolute atomic E-state index is 3.26. The lowest BCUT2D eigenvalue weighted by atomic mass is 9.86. The van der Waals surface area contributed by atoms with Crippen LogP contribution in [0.5, 0.6) is 0 Å². The van der Waals surface area contributed by atoms with Crippen molar-refractivity contribution in [1.82, 2.24) is 5.32 Å². The minimum absolute atomic E-state index is 0.274. The monoisotopic (exact) mass is 248 g/mol. The SMILES string of the molecule is CNCc1cc(C)ccc1N(C)C(C)C(C)(C)C. The molecule has 1 aromatic carbocycles. The molecule has 102 valence electrons. The van der Waals surface area contributed by atoms with Crippen molar-refractivity contribution in [3.63, 3.8) is 0 Å². The van der Waals surface area contributed by atoms with Gasteiger partial charge in [-0.05, 0) is 37.9 Å². The number of hydrogen-bond acceptors (Lipinski definition) is 2. The number of rotatable bonds is 4. The smallest absolute Gasteiger partial charge is 0.0412 e. The summed E-state index contributed by atoms with van der Waals surface area (Å²) in [6.07, 6.45) is 0. The maximum atomic E-state index is 3.26. The van der Waals surface area contributed by atoms with Crippen LogP contribution in [0, 0.1) is 12.3 Å². The Morgan fingerprint density at radius 1 is 1.28 bits per heavy atom. The Kier molecular flexibility index (Phi) is 4.80. The summed E-state index contributed by atoms with van der Waals surface area (Å²) in [5.74, 6) is 0. The second kappa shape index (κ2) is 5.75. The lowest BCUT2D eigenvalue weighted by molar-refractivity contribution is 0.329. The molecular formula is C16H28N2. The summed E-state index contributed by atoms with van der Waals surface area (Å²) in [5.41, 5.74) is 4.30. The van der Waals surface area contributed by atoms with E-state index in [9.17, 15) is 0 Å². The average Bonchev–Trinajstić information content (AvgIpc) is 2.26. The molecule has 1 unspecified atom stereocenters. The van der Waals surface area contributed by atoms with Gasteiger partial charge in [0, 0.05) is 25.3 Å². The molecule has 0 heterocycles. The van der Waals surface area contributed by atoms with Gasteiger partial charge in [-0.3, -0.25) is 0 Å². The summed E-state index contributed by atoms with van der Waals surface area (Å²) in [5, 5.41) is 3.26. The van der Waals surface area contributed by atoms with Crippen LogP contribution < -0.4 is 10.2 Å². The molecule has 0 aliphatic carbocycles. The highest BCUT2D eigenvalue weighted by atomic mass is 15.1. The highest BCUT2D eigenvalue weighted by Crippen LogP contribution is 2.29. The summed E-state index contributed by atoms with van der Waals surface area (Å²) in [4.78, 5) is 2.39. The van der Waals surface area contributed by atoms with E-state index in [1.807, 2.05) is 7.05 Å². The van der Waals surface area contributed by atoms with E-state index in [0.717, 1.165) is 6.54 Å². The van der Waals surface area contributed by atoms with E-state index < -0.39 is 0 Å². The van der Waals surface area contributed by atoms with Gasteiger partial charge >= 0.3 is 0 Å². The zero-order chi connectivity index (χ0) is 13.9. The molecule has 0 fully saturated rings. The first kappa shape index (κ1) is 15.0. The van der Waals surface area contributed by atoms with Crippen LogP contribution >= 0.6 is 0 Å². The first-order chi connectivity index (χ1) is 8.27. The Labute approximate surface area is 112 Å². The molecule has 1 atom stereocenters. The van der Waals surface area contributed by atoms with Gasteiger partial charge in [0.05, 0.1) is 0 Å². The van der Waals surface area contributed by atoms with Crippen LogP contribution in [0.2, 0.25) is 0 Å². The van der Waals surface area contributed by atoms with Crippen LogP contribution in [0.4, 0.5) is 5.69 Å². The van der Waals surface area contributed by atoms with Crippen LogP contribution in [0.15, 0.2) is 18.2 Å². The molecule has 0 spiro atoms. The first-order valence-electron chi connectivity index (χ1n) is 6.74. The van der Waals surface area contributed by atoms with Crippen molar-refractivity contribution < 1.29 is 0 Å². The average molecular weight is 248 g/mol. The highest BCUT2D eigenvalue weighted by Gasteiger charge is 2.25. The third-order valence-electron chi connectivity index (χ3n) is 3.82. The molecule has 2 nitrogen and oxygen atoms in total. The predicted octanol–water partition coefficient (Wildman–Crippen LogP) is 3.59. The van der Waals surface area contributed by atoms with Crippen molar-refractivity contribution in [1.29, 1.82) is 0 Å². The van der Waals surface area contributed by atoms with E-state index in [1.165, 1.54) is 16.8 Å². The highest BCUT2D eigenvalue weighted by molar-refractivity contribution is 5.55. The second-order valence-corrected chi connectivity index (χ2v) is 6.32. The molecular weight excluding hydrogens is 220 g/mol. The lowest BCUT2D eigenvalue weighted by Gasteiger charge is -2.38. The van der Waals surface area contributed by atoms with Gasteiger partial charge < -0.3 is 10.2 Å². The van der Waals surface area contributed by atoms with E-state index >= 15 is 0 Å². The van der Waals surface area contributed by atoms with Crippen LogP contribution in [-0.2, 0) is 6.54 Å². The first-order valence-corrected chi connectivity index (χ1v) is 6.74. The van der Waals surface area contributed by atoms with Gasteiger partial charge in [0.15, 0.2) is 0 Å². The zero-order valence-corrected chi connectivity index (χ0v) is 13.0. The van der Waals surface area contributed by atoms with Crippen LogP contribution in [0.25, 0.3) is 0 Å². The fourth-order valence-corrected chi connectivity index (χ4v) is 2.18. The van der Waals surface area contributed by atoms with Crippen molar-refractivity contribution in [3.8, 4) is 0 Å². The molecule has 1 aromatic rings.